The van der Waals surface area contributed by atoms with E-state index in [4.69, 9.17) is 26.3 Å². The first-order valence-electron chi connectivity index (χ1n) is 11.1. The van der Waals surface area contributed by atoms with E-state index in [-0.39, 0.29) is 0 Å². The Morgan fingerprint density at radius 1 is 0.970 bits per heavy atom. The summed E-state index contributed by atoms with van der Waals surface area (Å²) in [6.45, 7) is 4.91. The van der Waals surface area contributed by atoms with Crippen molar-refractivity contribution >= 4 is 52.2 Å². The Kier molecular flexibility index (Phi) is 5.20. The summed E-state index contributed by atoms with van der Waals surface area (Å²) >= 11 is 6.49. The second kappa shape index (κ2) is 8.50. The van der Waals surface area contributed by atoms with Crippen LogP contribution in [-0.2, 0) is 4.74 Å². The Morgan fingerprint density at radius 3 is 2.61 bits per heavy atom. The molecule has 33 heavy (non-hydrogen) atoms. The number of hydrogen-bond donors (Lipinski definition) is 1. The maximum atomic E-state index is 6.49. The lowest BCUT2D eigenvalue weighted by atomic mass is 9.98. The van der Waals surface area contributed by atoms with Gasteiger partial charge >= 0.3 is 0 Å². The Bertz CT molecular complexity index is 1250. The molecule has 8 heteroatoms. The molecule has 0 aliphatic carbocycles. The third kappa shape index (κ3) is 3.83. The average molecular weight is 459 g/mol. The maximum absolute atomic E-state index is 6.49. The third-order valence-corrected chi connectivity index (χ3v) is 6.43. The molecule has 4 heterocycles. The van der Waals surface area contributed by atoms with Crippen LogP contribution >= 0.6 is 11.6 Å². The van der Waals surface area contributed by atoms with E-state index in [9.17, 15) is 0 Å². The van der Waals surface area contributed by atoms with Gasteiger partial charge in [0.1, 0.15) is 11.7 Å². The summed E-state index contributed by atoms with van der Waals surface area (Å²) in [6, 6.07) is 16.2. The Labute approximate surface area is 197 Å². The largest absolute Gasteiger partial charge is 0.378 e. The van der Waals surface area contributed by atoms with Crippen LogP contribution in [0.1, 0.15) is 11.1 Å². The molecule has 166 valence electrons. The molecule has 6 rings (SSSR count). The number of halogens is 1. The highest BCUT2D eigenvalue weighted by molar-refractivity contribution is 6.40. The fraction of sp³-hybridized carbons (Fsp3) is 0.240. The van der Waals surface area contributed by atoms with Gasteiger partial charge in [0.25, 0.3) is 0 Å². The van der Waals surface area contributed by atoms with E-state index in [0.29, 0.717) is 11.0 Å². The number of morpholine rings is 1. The second-order valence-electron chi connectivity index (χ2n) is 8.14. The van der Waals surface area contributed by atoms with E-state index in [1.54, 1.807) is 0 Å². The van der Waals surface area contributed by atoms with Crippen molar-refractivity contribution in [1.29, 1.82) is 0 Å². The molecule has 0 bridgehead atoms. The van der Waals surface area contributed by atoms with Crippen LogP contribution in [0, 0.1) is 0 Å². The van der Waals surface area contributed by atoms with E-state index >= 15 is 0 Å². The molecule has 0 unspecified atom stereocenters. The molecular formula is C25H23ClN6O. The molecule has 3 aliphatic rings. The first kappa shape index (κ1) is 20.2. The summed E-state index contributed by atoms with van der Waals surface area (Å²) < 4.78 is 5.44. The van der Waals surface area contributed by atoms with E-state index in [1.165, 1.54) is 5.69 Å². The lowest BCUT2D eigenvalue weighted by Gasteiger charge is -2.29. The van der Waals surface area contributed by atoms with Crippen molar-refractivity contribution in [1.82, 2.24) is 9.97 Å². The highest BCUT2D eigenvalue weighted by atomic mass is 35.5. The number of benzene rings is 2. The molecule has 1 aromatic heterocycles. The monoisotopic (exact) mass is 458 g/mol. The van der Waals surface area contributed by atoms with Crippen LogP contribution in [0.2, 0.25) is 5.02 Å². The van der Waals surface area contributed by atoms with Gasteiger partial charge in [-0.2, -0.15) is 4.98 Å². The Morgan fingerprint density at radius 2 is 1.79 bits per heavy atom. The van der Waals surface area contributed by atoms with Gasteiger partial charge in [-0.3, -0.25) is 4.99 Å². The molecule has 0 radical (unpaired) electrons. The molecule has 1 saturated heterocycles. The van der Waals surface area contributed by atoms with E-state index in [0.717, 1.165) is 73.4 Å². The molecule has 1 fully saturated rings. The topological polar surface area (TPSA) is 65.9 Å². The SMILES string of the molecule is Clc1ccccc1C1=Cc2cnc(Nc3ccc(N4CCOCC4)cc3)nc2N2CCN=C12. The zero-order valence-electron chi connectivity index (χ0n) is 18.0. The van der Waals surface area contributed by atoms with Gasteiger partial charge in [-0.25, -0.2) is 4.98 Å². The highest BCUT2D eigenvalue weighted by Crippen LogP contribution is 2.37. The number of ether oxygens (including phenoxy) is 1. The van der Waals surface area contributed by atoms with Crippen LogP contribution in [0.25, 0.3) is 11.6 Å². The van der Waals surface area contributed by atoms with Crippen molar-refractivity contribution in [2.45, 2.75) is 0 Å². The molecule has 0 amide bonds. The first-order valence-corrected chi connectivity index (χ1v) is 11.5. The summed E-state index contributed by atoms with van der Waals surface area (Å²) in [7, 11) is 0. The van der Waals surface area contributed by atoms with Crippen molar-refractivity contribution < 1.29 is 4.74 Å². The molecule has 0 atom stereocenters. The van der Waals surface area contributed by atoms with Gasteiger partial charge in [0, 0.05) is 58.9 Å². The summed E-state index contributed by atoms with van der Waals surface area (Å²) in [5.74, 6) is 2.34. The summed E-state index contributed by atoms with van der Waals surface area (Å²) in [5.41, 5.74) is 5.08. The zero-order valence-corrected chi connectivity index (χ0v) is 18.8. The molecule has 0 saturated carbocycles. The minimum absolute atomic E-state index is 0.564. The van der Waals surface area contributed by atoms with Gasteiger partial charge in [0.2, 0.25) is 5.95 Å². The number of aliphatic imine (C=N–C) groups is 1. The van der Waals surface area contributed by atoms with E-state index in [2.05, 4.69) is 50.4 Å². The zero-order chi connectivity index (χ0) is 22.2. The third-order valence-electron chi connectivity index (χ3n) is 6.10. The smallest absolute Gasteiger partial charge is 0.229 e. The lowest BCUT2D eigenvalue weighted by Crippen LogP contribution is -2.36. The fourth-order valence-electron chi connectivity index (χ4n) is 4.45. The number of aromatic nitrogens is 2. The first-order chi connectivity index (χ1) is 16.3. The number of nitrogens with one attached hydrogen (secondary N) is 1. The molecule has 3 aliphatic heterocycles. The molecule has 0 spiro atoms. The standard InChI is InChI=1S/C25H23ClN6O/c26-22-4-2-1-3-20(22)21-15-17-16-28-25(30-23(17)32-10-9-27-24(21)32)29-18-5-7-19(8-6-18)31-11-13-33-14-12-31/h1-8,15-16H,9-14H2,(H,28,29,30). The lowest BCUT2D eigenvalue weighted by molar-refractivity contribution is 0.122. The summed E-state index contributed by atoms with van der Waals surface area (Å²) in [4.78, 5) is 18.6. The number of nitrogens with zero attached hydrogens (tertiary/aromatic N) is 5. The van der Waals surface area contributed by atoms with Gasteiger partial charge in [0.15, 0.2) is 0 Å². The van der Waals surface area contributed by atoms with Crippen molar-refractivity contribution in [2.75, 3.05) is 54.5 Å². The molecule has 1 N–H and O–H groups in total. The highest BCUT2D eigenvalue weighted by Gasteiger charge is 2.31. The van der Waals surface area contributed by atoms with Crippen molar-refractivity contribution in [3.8, 4) is 0 Å². The van der Waals surface area contributed by atoms with Crippen LogP contribution in [0.3, 0.4) is 0 Å². The minimum Gasteiger partial charge on any atom is -0.378 e. The van der Waals surface area contributed by atoms with Crippen LogP contribution in [0.15, 0.2) is 59.7 Å². The van der Waals surface area contributed by atoms with Crippen LogP contribution in [-0.4, -0.2) is 55.2 Å². The van der Waals surface area contributed by atoms with Crippen LogP contribution in [0.5, 0.6) is 0 Å². The quantitative estimate of drug-likeness (QED) is 0.621. The van der Waals surface area contributed by atoms with Gasteiger partial charge in [-0.15, -0.1) is 0 Å². The fourth-order valence-corrected chi connectivity index (χ4v) is 4.69. The van der Waals surface area contributed by atoms with Crippen molar-refractivity contribution in [3.05, 3.63) is 70.9 Å². The van der Waals surface area contributed by atoms with Crippen LogP contribution in [0.4, 0.5) is 23.1 Å². The van der Waals surface area contributed by atoms with E-state index < -0.39 is 0 Å². The van der Waals surface area contributed by atoms with Gasteiger partial charge in [-0.1, -0.05) is 29.8 Å². The normalized spacial score (nSPS) is 17.2. The Hall–Kier alpha value is -3.42. The number of amidine groups is 1. The van der Waals surface area contributed by atoms with Crippen LogP contribution < -0.4 is 15.1 Å². The van der Waals surface area contributed by atoms with E-state index in [1.807, 2.05) is 30.5 Å². The minimum atomic E-state index is 0.564. The number of fused-ring (bicyclic) bond motifs is 3. The number of hydrogen-bond acceptors (Lipinski definition) is 7. The molecule has 2 aromatic carbocycles. The predicted octanol–water partition coefficient (Wildman–Crippen LogP) is 4.48. The second-order valence-corrected chi connectivity index (χ2v) is 8.55. The molecule has 7 nitrogen and oxygen atoms in total. The number of anilines is 4. The van der Waals surface area contributed by atoms with Gasteiger partial charge < -0.3 is 19.9 Å². The maximum Gasteiger partial charge on any atom is 0.229 e. The summed E-state index contributed by atoms with van der Waals surface area (Å²) in [5, 5.41) is 4.05. The molecular weight excluding hydrogens is 436 g/mol. The molecule has 3 aromatic rings. The van der Waals surface area contributed by atoms with Gasteiger partial charge in [-0.05, 0) is 36.4 Å². The van der Waals surface area contributed by atoms with Crippen molar-refractivity contribution in [3.63, 3.8) is 0 Å². The number of rotatable bonds is 4. The Balaban J connectivity index is 1.28. The summed E-state index contributed by atoms with van der Waals surface area (Å²) in [6.07, 6.45) is 3.94. The average Bonchev–Trinajstić information content (AvgIpc) is 3.36. The van der Waals surface area contributed by atoms with Gasteiger partial charge in [0.05, 0.1) is 19.8 Å². The van der Waals surface area contributed by atoms with Crippen molar-refractivity contribution in [2.24, 2.45) is 4.99 Å². The predicted molar refractivity (Wildman–Crippen MR) is 134 cm³/mol.